The average molecular weight is 342 g/mol. The average Bonchev–Trinajstić information content (AvgIpc) is 3.03. The number of anilines is 2. The second kappa shape index (κ2) is 5.75. The highest BCUT2D eigenvalue weighted by molar-refractivity contribution is 6.03. The third-order valence-corrected chi connectivity index (χ3v) is 5.57. The summed E-state index contributed by atoms with van der Waals surface area (Å²) in [6, 6.07) is 5.29. The summed E-state index contributed by atoms with van der Waals surface area (Å²) in [4.78, 5) is 40.6. The highest BCUT2D eigenvalue weighted by atomic mass is 16.2. The van der Waals surface area contributed by atoms with E-state index < -0.39 is 5.41 Å². The molecule has 7 nitrogen and oxygen atoms in total. The molecule has 2 saturated heterocycles. The minimum absolute atomic E-state index is 0.0828. The lowest BCUT2D eigenvalue weighted by molar-refractivity contribution is -0.143. The lowest BCUT2D eigenvalue weighted by Gasteiger charge is -2.37. The van der Waals surface area contributed by atoms with E-state index in [9.17, 15) is 14.4 Å². The zero-order valence-corrected chi connectivity index (χ0v) is 14.3. The minimum atomic E-state index is -0.410. The molecule has 2 fully saturated rings. The fourth-order valence-electron chi connectivity index (χ4n) is 4.18. The van der Waals surface area contributed by atoms with Gasteiger partial charge in [-0.05, 0) is 37.5 Å². The number of nitrogens with one attached hydrogen (secondary N) is 2. The first-order chi connectivity index (χ1) is 12.0. The van der Waals surface area contributed by atoms with Crippen LogP contribution in [0.1, 0.15) is 29.6 Å². The van der Waals surface area contributed by atoms with Gasteiger partial charge in [0.1, 0.15) is 0 Å². The number of nitrogens with zero attached hydrogens (tertiary/aromatic N) is 2. The van der Waals surface area contributed by atoms with Gasteiger partial charge in [0.25, 0.3) is 5.91 Å². The minimum Gasteiger partial charge on any atom is -0.374 e. The molecule has 0 bridgehead atoms. The van der Waals surface area contributed by atoms with Crippen molar-refractivity contribution in [3.05, 3.63) is 23.8 Å². The summed E-state index contributed by atoms with van der Waals surface area (Å²) in [5.74, 6) is -0.0375. The SMILES string of the molecule is CN1CCC[C@]2(CCN(C(=O)c3ccc4c(c3)NC(=O)CN4)C2)C1=O. The van der Waals surface area contributed by atoms with Gasteiger partial charge in [-0.1, -0.05) is 0 Å². The summed E-state index contributed by atoms with van der Waals surface area (Å²) < 4.78 is 0. The smallest absolute Gasteiger partial charge is 0.253 e. The van der Waals surface area contributed by atoms with Gasteiger partial charge in [0.05, 0.1) is 23.3 Å². The number of hydrogen-bond donors (Lipinski definition) is 2. The Balaban J connectivity index is 1.53. The van der Waals surface area contributed by atoms with Gasteiger partial charge in [0.2, 0.25) is 11.8 Å². The first-order valence-electron chi connectivity index (χ1n) is 8.71. The Bertz CT molecular complexity index is 763. The van der Waals surface area contributed by atoms with Crippen LogP contribution in [0.25, 0.3) is 0 Å². The van der Waals surface area contributed by atoms with E-state index in [1.807, 2.05) is 13.1 Å². The largest absolute Gasteiger partial charge is 0.374 e. The Labute approximate surface area is 146 Å². The Hall–Kier alpha value is -2.57. The number of carbonyl (C=O) groups is 3. The van der Waals surface area contributed by atoms with Crippen molar-refractivity contribution in [2.45, 2.75) is 19.3 Å². The van der Waals surface area contributed by atoms with E-state index in [2.05, 4.69) is 10.6 Å². The van der Waals surface area contributed by atoms with Gasteiger partial charge in [-0.25, -0.2) is 0 Å². The van der Waals surface area contributed by atoms with Crippen molar-refractivity contribution >= 4 is 29.1 Å². The van der Waals surface area contributed by atoms with Crippen LogP contribution in [0.2, 0.25) is 0 Å². The lowest BCUT2D eigenvalue weighted by atomic mass is 9.78. The van der Waals surface area contributed by atoms with Crippen molar-refractivity contribution in [2.75, 3.05) is 43.9 Å². The summed E-state index contributed by atoms with van der Waals surface area (Å²) in [5.41, 5.74) is 1.58. The number of carbonyl (C=O) groups excluding carboxylic acids is 3. The Morgan fingerprint density at radius 3 is 2.84 bits per heavy atom. The molecule has 3 heterocycles. The van der Waals surface area contributed by atoms with Crippen molar-refractivity contribution in [2.24, 2.45) is 5.41 Å². The van der Waals surface area contributed by atoms with Crippen LogP contribution in [0, 0.1) is 5.41 Å². The topological polar surface area (TPSA) is 81.8 Å². The summed E-state index contributed by atoms with van der Waals surface area (Å²) >= 11 is 0. The van der Waals surface area contributed by atoms with Crippen LogP contribution in [0.15, 0.2) is 18.2 Å². The zero-order chi connectivity index (χ0) is 17.6. The first kappa shape index (κ1) is 15.9. The predicted molar refractivity (Wildman–Crippen MR) is 93.4 cm³/mol. The maximum Gasteiger partial charge on any atom is 0.253 e. The zero-order valence-electron chi connectivity index (χ0n) is 14.3. The molecule has 3 amide bonds. The van der Waals surface area contributed by atoms with Gasteiger partial charge in [0.15, 0.2) is 0 Å². The Kier molecular flexibility index (Phi) is 3.67. The number of piperidine rings is 1. The first-order valence-corrected chi connectivity index (χ1v) is 8.71. The van der Waals surface area contributed by atoms with Crippen molar-refractivity contribution in [3.63, 3.8) is 0 Å². The van der Waals surface area contributed by atoms with Crippen LogP contribution in [0.3, 0.4) is 0 Å². The van der Waals surface area contributed by atoms with Gasteiger partial charge < -0.3 is 20.4 Å². The molecular weight excluding hydrogens is 320 g/mol. The van der Waals surface area contributed by atoms with E-state index >= 15 is 0 Å². The van der Waals surface area contributed by atoms with E-state index in [4.69, 9.17) is 0 Å². The molecule has 0 unspecified atom stereocenters. The molecule has 3 aliphatic rings. The highest BCUT2D eigenvalue weighted by Gasteiger charge is 2.48. The second-order valence-corrected chi connectivity index (χ2v) is 7.25. The molecule has 1 aromatic carbocycles. The lowest BCUT2D eigenvalue weighted by Crippen LogP contribution is -2.48. The third-order valence-electron chi connectivity index (χ3n) is 5.57. The molecule has 0 saturated carbocycles. The number of fused-ring (bicyclic) bond motifs is 1. The van der Waals surface area contributed by atoms with Crippen LogP contribution in [-0.2, 0) is 9.59 Å². The second-order valence-electron chi connectivity index (χ2n) is 7.25. The van der Waals surface area contributed by atoms with Crippen molar-refractivity contribution in [3.8, 4) is 0 Å². The third kappa shape index (κ3) is 2.63. The van der Waals surface area contributed by atoms with Crippen molar-refractivity contribution < 1.29 is 14.4 Å². The monoisotopic (exact) mass is 342 g/mol. The molecule has 1 atom stereocenters. The molecule has 0 aromatic heterocycles. The molecule has 1 spiro atoms. The Morgan fingerprint density at radius 2 is 2.00 bits per heavy atom. The summed E-state index contributed by atoms with van der Waals surface area (Å²) in [6.07, 6.45) is 2.57. The molecule has 4 rings (SSSR count). The molecule has 132 valence electrons. The van der Waals surface area contributed by atoms with Crippen LogP contribution in [0.4, 0.5) is 11.4 Å². The maximum absolute atomic E-state index is 12.9. The van der Waals surface area contributed by atoms with Crippen molar-refractivity contribution in [1.82, 2.24) is 9.80 Å². The Morgan fingerprint density at radius 1 is 1.16 bits per heavy atom. The molecule has 0 aliphatic carbocycles. The van der Waals surface area contributed by atoms with Crippen LogP contribution in [0.5, 0.6) is 0 Å². The summed E-state index contributed by atoms with van der Waals surface area (Å²) in [5, 5.41) is 5.80. The summed E-state index contributed by atoms with van der Waals surface area (Å²) in [6.45, 7) is 2.12. The van der Waals surface area contributed by atoms with E-state index in [0.717, 1.165) is 31.5 Å². The predicted octanol–water partition coefficient (Wildman–Crippen LogP) is 1.14. The van der Waals surface area contributed by atoms with Crippen LogP contribution < -0.4 is 10.6 Å². The van der Waals surface area contributed by atoms with Crippen LogP contribution >= 0.6 is 0 Å². The number of likely N-dealkylation sites (tertiary alicyclic amines) is 2. The molecule has 7 heteroatoms. The van der Waals surface area contributed by atoms with Gasteiger partial charge in [-0.15, -0.1) is 0 Å². The maximum atomic E-state index is 12.9. The van der Waals surface area contributed by atoms with E-state index in [1.54, 1.807) is 21.9 Å². The number of hydrogen-bond acceptors (Lipinski definition) is 4. The standard InChI is InChI=1S/C18H22N4O3/c1-21-7-2-5-18(17(21)25)6-8-22(11-18)16(24)12-3-4-13-14(9-12)20-15(23)10-19-13/h3-4,9,19H,2,5-8,10-11H2,1H3,(H,20,23)/t18-/m1/s1. The number of benzene rings is 1. The fourth-order valence-corrected chi connectivity index (χ4v) is 4.18. The molecule has 0 radical (unpaired) electrons. The molecule has 3 aliphatic heterocycles. The fraction of sp³-hybridized carbons (Fsp3) is 0.500. The van der Waals surface area contributed by atoms with Gasteiger partial charge >= 0.3 is 0 Å². The number of rotatable bonds is 1. The van der Waals surface area contributed by atoms with Crippen molar-refractivity contribution in [1.29, 1.82) is 0 Å². The number of amides is 3. The molecular formula is C18H22N4O3. The normalized spacial score (nSPS) is 25.6. The molecule has 1 aromatic rings. The van der Waals surface area contributed by atoms with Gasteiger partial charge in [0, 0.05) is 32.2 Å². The quantitative estimate of drug-likeness (QED) is 0.802. The summed E-state index contributed by atoms with van der Waals surface area (Å²) in [7, 11) is 1.84. The van der Waals surface area contributed by atoms with E-state index in [1.165, 1.54) is 0 Å². The van der Waals surface area contributed by atoms with E-state index in [0.29, 0.717) is 24.3 Å². The van der Waals surface area contributed by atoms with E-state index in [-0.39, 0.29) is 24.3 Å². The van der Waals surface area contributed by atoms with Crippen LogP contribution in [-0.4, -0.2) is 60.7 Å². The van der Waals surface area contributed by atoms with Gasteiger partial charge in [-0.3, -0.25) is 14.4 Å². The molecule has 2 N–H and O–H groups in total. The highest BCUT2D eigenvalue weighted by Crippen LogP contribution is 2.40. The molecule has 25 heavy (non-hydrogen) atoms. The van der Waals surface area contributed by atoms with Gasteiger partial charge in [-0.2, -0.15) is 0 Å².